The topological polar surface area (TPSA) is 84.2 Å². The zero-order valence-electron chi connectivity index (χ0n) is 18.4. The van der Waals surface area contributed by atoms with Crippen LogP contribution in [0.2, 0.25) is 5.02 Å². The highest BCUT2D eigenvalue weighted by molar-refractivity contribution is 7.92. The first-order valence-corrected chi connectivity index (χ1v) is 12.5. The van der Waals surface area contributed by atoms with Gasteiger partial charge in [-0.05, 0) is 55.3 Å². The van der Waals surface area contributed by atoms with Gasteiger partial charge in [0.15, 0.2) is 0 Å². The second kappa shape index (κ2) is 8.67. The van der Waals surface area contributed by atoms with Gasteiger partial charge in [0.2, 0.25) is 10.0 Å². The van der Waals surface area contributed by atoms with Gasteiger partial charge >= 0.3 is 0 Å². The van der Waals surface area contributed by atoms with E-state index in [1.54, 1.807) is 42.8 Å². The summed E-state index contributed by atoms with van der Waals surface area (Å²) in [5.74, 6) is 0. The van der Waals surface area contributed by atoms with Gasteiger partial charge in [0, 0.05) is 11.3 Å². The molecule has 1 heterocycles. The molecule has 0 atom stereocenters. The van der Waals surface area contributed by atoms with Gasteiger partial charge in [-0.3, -0.25) is 4.72 Å². The van der Waals surface area contributed by atoms with Crippen molar-refractivity contribution in [1.82, 2.24) is 9.78 Å². The van der Waals surface area contributed by atoms with E-state index >= 15 is 0 Å². The molecule has 0 aliphatic carbocycles. The molecule has 0 amide bonds. The third-order valence-corrected chi connectivity index (χ3v) is 6.02. The number of nitrogens with one attached hydrogen (secondary N) is 1. The van der Waals surface area contributed by atoms with Gasteiger partial charge < -0.3 is 5.11 Å². The van der Waals surface area contributed by atoms with Crippen LogP contribution in [0.4, 0.5) is 5.69 Å². The predicted molar refractivity (Wildman–Crippen MR) is 133 cm³/mol. The summed E-state index contributed by atoms with van der Waals surface area (Å²) in [7, 11) is -3.35. The van der Waals surface area contributed by atoms with Gasteiger partial charge in [-0.25, -0.2) is 13.1 Å². The molecule has 0 saturated heterocycles. The lowest BCUT2D eigenvalue weighted by atomic mass is 10.0. The van der Waals surface area contributed by atoms with Crippen LogP contribution in [0.15, 0.2) is 78.9 Å². The van der Waals surface area contributed by atoms with Crippen molar-refractivity contribution in [3.63, 3.8) is 0 Å². The maximum atomic E-state index is 11.5. The average molecular weight is 482 g/mol. The maximum absolute atomic E-state index is 11.5. The van der Waals surface area contributed by atoms with Gasteiger partial charge in [0.1, 0.15) is 5.60 Å². The number of aromatic nitrogens is 2. The molecule has 3 aromatic carbocycles. The number of aliphatic hydroxyl groups is 1. The molecule has 0 aliphatic rings. The fraction of sp³-hybridized carbons (Fsp3) is 0.160. The van der Waals surface area contributed by atoms with Crippen molar-refractivity contribution in [2.45, 2.75) is 19.4 Å². The van der Waals surface area contributed by atoms with E-state index in [0.29, 0.717) is 22.1 Å². The average Bonchev–Trinajstić information content (AvgIpc) is 3.19. The Hall–Kier alpha value is -3.13. The van der Waals surface area contributed by atoms with Gasteiger partial charge in [-0.15, -0.1) is 0 Å². The second-order valence-electron chi connectivity index (χ2n) is 8.37. The summed E-state index contributed by atoms with van der Waals surface area (Å²) in [5, 5.41) is 15.7. The van der Waals surface area contributed by atoms with Gasteiger partial charge in [0.05, 0.1) is 28.4 Å². The van der Waals surface area contributed by atoms with Crippen molar-refractivity contribution in [1.29, 1.82) is 0 Å². The predicted octanol–water partition coefficient (Wildman–Crippen LogP) is 5.46. The smallest absolute Gasteiger partial charge is 0.229 e. The molecule has 8 heteroatoms. The molecular formula is C25H24ClN3O3S. The van der Waals surface area contributed by atoms with Crippen molar-refractivity contribution >= 4 is 27.3 Å². The molecule has 6 nitrogen and oxygen atoms in total. The van der Waals surface area contributed by atoms with Crippen LogP contribution < -0.4 is 4.72 Å². The molecule has 4 aromatic rings. The zero-order chi connectivity index (χ0) is 23.8. The first kappa shape index (κ1) is 23.0. The second-order valence-corrected chi connectivity index (χ2v) is 10.5. The summed E-state index contributed by atoms with van der Waals surface area (Å²) in [4.78, 5) is 0. The molecule has 0 spiro atoms. The molecule has 0 saturated carbocycles. The summed E-state index contributed by atoms with van der Waals surface area (Å²) in [5.41, 5.74) is 4.13. The first-order valence-electron chi connectivity index (χ1n) is 10.3. The number of benzene rings is 3. The van der Waals surface area contributed by atoms with E-state index in [9.17, 15) is 13.5 Å². The molecule has 0 aliphatic heterocycles. The largest absolute Gasteiger partial charge is 0.384 e. The van der Waals surface area contributed by atoms with Gasteiger partial charge in [-0.1, -0.05) is 60.1 Å². The lowest BCUT2D eigenvalue weighted by Gasteiger charge is -2.13. The van der Waals surface area contributed by atoms with Gasteiger partial charge in [-0.2, -0.15) is 5.10 Å². The summed E-state index contributed by atoms with van der Waals surface area (Å²) in [6.07, 6.45) is 1.12. The Morgan fingerprint density at radius 1 is 0.909 bits per heavy atom. The van der Waals surface area contributed by atoms with Gasteiger partial charge in [0.25, 0.3) is 0 Å². The van der Waals surface area contributed by atoms with Crippen LogP contribution >= 0.6 is 11.6 Å². The van der Waals surface area contributed by atoms with E-state index < -0.39 is 15.6 Å². The quantitative estimate of drug-likeness (QED) is 0.383. The maximum Gasteiger partial charge on any atom is 0.229 e. The molecule has 0 radical (unpaired) electrons. The summed E-state index contributed by atoms with van der Waals surface area (Å²) < 4.78 is 27.3. The minimum atomic E-state index is -3.35. The van der Waals surface area contributed by atoms with Crippen LogP contribution in [0.25, 0.3) is 28.1 Å². The van der Waals surface area contributed by atoms with Crippen molar-refractivity contribution in [3.05, 3.63) is 89.6 Å². The van der Waals surface area contributed by atoms with E-state index in [-0.39, 0.29) is 0 Å². The van der Waals surface area contributed by atoms with Crippen molar-refractivity contribution < 1.29 is 13.5 Å². The molecular weight excluding hydrogens is 458 g/mol. The third kappa shape index (κ3) is 5.27. The first-order chi connectivity index (χ1) is 15.5. The van der Waals surface area contributed by atoms with E-state index in [1.807, 2.05) is 54.6 Å². The molecule has 0 bridgehead atoms. The van der Waals surface area contributed by atoms with E-state index in [0.717, 1.165) is 28.6 Å². The van der Waals surface area contributed by atoms with E-state index in [1.165, 1.54) is 0 Å². The number of rotatable bonds is 6. The lowest BCUT2D eigenvalue weighted by Crippen LogP contribution is -2.16. The van der Waals surface area contributed by atoms with Crippen LogP contribution in [0.3, 0.4) is 0 Å². The monoisotopic (exact) mass is 481 g/mol. The van der Waals surface area contributed by atoms with Crippen molar-refractivity contribution in [3.8, 4) is 28.1 Å². The molecule has 170 valence electrons. The van der Waals surface area contributed by atoms with Crippen LogP contribution in [0.5, 0.6) is 0 Å². The van der Waals surface area contributed by atoms with Crippen molar-refractivity contribution in [2.75, 3.05) is 11.0 Å². The Balaban J connectivity index is 1.75. The Morgan fingerprint density at radius 3 is 2.21 bits per heavy atom. The Kier molecular flexibility index (Phi) is 6.05. The number of halogens is 1. The highest BCUT2D eigenvalue weighted by Gasteiger charge is 2.23. The molecule has 0 unspecified atom stereocenters. The molecule has 4 rings (SSSR count). The normalized spacial score (nSPS) is 12.0. The van der Waals surface area contributed by atoms with Crippen LogP contribution in [0, 0.1) is 0 Å². The number of hydrogen-bond acceptors (Lipinski definition) is 4. The van der Waals surface area contributed by atoms with Crippen LogP contribution in [-0.2, 0) is 15.6 Å². The van der Waals surface area contributed by atoms with Crippen LogP contribution in [0.1, 0.15) is 19.5 Å². The minimum absolute atomic E-state index is 0.505. The fourth-order valence-electron chi connectivity index (χ4n) is 3.50. The zero-order valence-corrected chi connectivity index (χ0v) is 20.0. The molecule has 33 heavy (non-hydrogen) atoms. The Morgan fingerprint density at radius 2 is 1.58 bits per heavy atom. The minimum Gasteiger partial charge on any atom is -0.384 e. The lowest BCUT2D eigenvalue weighted by molar-refractivity contribution is 0.0734. The van der Waals surface area contributed by atoms with Crippen molar-refractivity contribution in [2.24, 2.45) is 0 Å². The number of hydrogen-bond donors (Lipinski definition) is 2. The van der Waals surface area contributed by atoms with E-state index in [2.05, 4.69) is 9.82 Å². The van der Waals surface area contributed by atoms with E-state index in [4.69, 9.17) is 11.6 Å². The number of para-hydroxylation sites is 1. The summed E-state index contributed by atoms with van der Waals surface area (Å²) >= 11 is 6.44. The highest BCUT2D eigenvalue weighted by Crippen LogP contribution is 2.32. The SMILES string of the molecule is CC(C)(O)c1cc(-c2ccc(-c3cccc(NS(C)(=O)=O)c3)cc2)n(-c2ccccc2Cl)n1. The molecule has 2 N–H and O–H groups in total. The number of nitrogens with zero attached hydrogens (tertiary/aromatic N) is 2. The number of sulfonamides is 1. The fourth-order valence-corrected chi connectivity index (χ4v) is 4.27. The Labute approximate surface area is 198 Å². The summed E-state index contributed by atoms with van der Waals surface area (Å²) in [6, 6.07) is 24.3. The summed E-state index contributed by atoms with van der Waals surface area (Å²) in [6.45, 7) is 3.38. The molecule has 0 fully saturated rings. The van der Waals surface area contributed by atoms with Crippen LogP contribution in [-0.4, -0.2) is 29.6 Å². The third-order valence-electron chi connectivity index (χ3n) is 5.10. The highest BCUT2D eigenvalue weighted by atomic mass is 35.5. The molecule has 1 aromatic heterocycles. The standard InChI is InChI=1S/C25H24ClN3O3S/c1-25(2,30)24-16-23(29(27-24)22-10-5-4-9-21(22)26)18-13-11-17(12-14-18)19-7-6-8-20(15-19)28-33(3,31)32/h4-16,28,30H,1-3H3. The number of anilines is 1. The Bertz CT molecular complexity index is 1410.